The van der Waals surface area contributed by atoms with E-state index in [1.165, 1.54) is 24.3 Å². The normalized spacial score (nSPS) is 7.88. The first-order chi connectivity index (χ1) is 16.4. The van der Waals surface area contributed by atoms with Crippen LogP contribution in [0.1, 0.15) is 22.3 Å². The molecule has 2 nitrogen and oxygen atoms in total. The van der Waals surface area contributed by atoms with E-state index in [1.54, 1.807) is 54.6 Å². The summed E-state index contributed by atoms with van der Waals surface area (Å²) in [6, 6.07) is 45.9. The first-order valence-corrected chi connectivity index (χ1v) is 10.6. The summed E-state index contributed by atoms with van der Waals surface area (Å²) >= 11 is 0. The molecule has 1 aromatic rings. The van der Waals surface area contributed by atoms with Gasteiger partial charge in [-0.25, -0.2) is 0 Å². The Kier molecular flexibility index (Phi) is 13.5. The SMILES string of the molecule is Cc1c#cc#cc(C)cccc(=O)cccc(C)c#cc#cc(C)cccc(=O)ccccc1. The van der Waals surface area contributed by atoms with Crippen LogP contribution >= 0.6 is 0 Å². The van der Waals surface area contributed by atoms with Crippen molar-refractivity contribution in [2.45, 2.75) is 27.7 Å². The Morgan fingerprint density at radius 3 is 1.00 bits per heavy atom. The molecule has 0 amide bonds. The molecule has 0 saturated carbocycles. The van der Waals surface area contributed by atoms with E-state index in [9.17, 15) is 9.59 Å². The molecule has 0 saturated heterocycles. The van der Waals surface area contributed by atoms with Crippen molar-refractivity contribution in [1.29, 1.82) is 0 Å². The Labute approximate surface area is 203 Å². The van der Waals surface area contributed by atoms with Crippen molar-refractivity contribution in [1.82, 2.24) is 0 Å². The largest absolute Gasteiger partial charge is 0.290 e. The van der Waals surface area contributed by atoms with Crippen LogP contribution < -0.4 is 10.9 Å². The van der Waals surface area contributed by atoms with Gasteiger partial charge < -0.3 is 0 Å². The van der Waals surface area contributed by atoms with Gasteiger partial charge in [-0.1, -0.05) is 84.9 Å². The topological polar surface area (TPSA) is 34.1 Å². The molecule has 1 aromatic carbocycles. The van der Waals surface area contributed by atoms with Gasteiger partial charge in [-0.05, 0) is 98.5 Å². The van der Waals surface area contributed by atoms with Crippen molar-refractivity contribution in [2.75, 3.05) is 0 Å². The quantitative estimate of drug-likeness (QED) is 0.519. The molecule has 0 aromatic heterocycles. The summed E-state index contributed by atoms with van der Waals surface area (Å²) in [5.41, 5.74) is 2.92. The number of rotatable bonds is 0. The van der Waals surface area contributed by atoms with E-state index in [0.29, 0.717) is 0 Å². The molecule has 0 heterocycles. The van der Waals surface area contributed by atoms with Crippen LogP contribution in [0.25, 0.3) is 0 Å². The lowest BCUT2D eigenvalue weighted by atomic mass is 10.3. The van der Waals surface area contributed by atoms with Crippen LogP contribution in [0.2, 0.25) is 0 Å². The molecule has 0 aliphatic heterocycles. The van der Waals surface area contributed by atoms with E-state index >= 15 is 0 Å². The predicted octanol–water partition coefficient (Wildman–Crippen LogP) is 5.66. The third-order valence-electron chi connectivity index (χ3n) is 3.81. The summed E-state index contributed by atoms with van der Waals surface area (Å²) in [5, 5.41) is 0. The summed E-state index contributed by atoms with van der Waals surface area (Å²) in [6.45, 7) is 7.40. The Morgan fingerprint density at radius 1 is 0.382 bits per heavy atom. The highest BCUT2D eigenvalue weighted by Crippen LogP contribution is 1.86. The Hall–Kier alpha value is -4.76. The molecule has 0 spiro atoms. The van der Waals surface area contributed by atoms with Crippen LogP contribution in [-0.2, 0) is 0 Å². The molecule has 0 aliphatic carbocycles. The van der Waals surface area contributed by atoms with Crippen molar-refractivity contribution < 1.29 is 0 Å². The van der Waals surface area contributed by atoms with Gasteiger partial charge in [0.15, 0.2) is 10.9 Å². The van der Waals surface area contributed by atoms with Gasteiger partial charge in [0.05, 0.1) is 0 Å². The van der Waals surface area contributed by atoms with Crippen molar-refractivity contribution in [3.8, 4) is 0 Å². The van der Waals surface area contributed by atoms with Crippen molar-refractivity contribution >= 4 is 0 Å². The van der Waals surface area contributed by atoms with E-state index < -0.39 is 0 Å². The van der Waals surface area contributed by atoms with Crippen LogP contribution in [0.3, 0.4) is 0 Å². The molecular weight excluding hydrogens is 416 g/mol. The highest BCUT2D eigenvalue weighted by Gasteiger charge is 1.74. The number of hydrogen-bond acceptors (Lipinski definition) is 2. The molecular formula is C32H26O2. The van der Waals surface area contributed by atoms with E-state index in [0.717, 1.165) is 22.3 Å². The fourth-order valence-corrected chi connectivity index (χ4v) is 2.07. The lowest BCUT2D eigenvalue weighted by Gasteiger charge is -1.75. The molecule has 166 valence electrons. The molecule has 34 heavy (non-hydrogen) atoms. The molecule has 1 rings (SSSR count). The van der Waals surface area contributed by atoms with Crippen molar-refractivity contribution in [2.24, 2.45) is 0 Å². The third-order valence-corrected chi connectivity index (χ3v) is 3.81. The molecule has 0 aliphatic rings. The maximum absolute atomic E-state index is 11.9. The molecule has 0 bridgehead atoms. The maximum Gasteiger partial charge on any atom is 0.178 e. The smallest absolute Gasteiger partial charge is 0.178 e. The third kappa shape index (κ3) is 15.1. The fourth-order valence-electron chi connectivity index (χ4n) is 2.07. The molecule has 0 fully saturated rings. The monoisotopic (exact) mass is 442 g/mol. The highest BCUT2D eigenvalue weighted by molar-refractivity contribution is 5.06. The first kappa shape index (κ1) is 27.3. The van der Waals surface area contributed by atoms with Gasteiger partial charge in [0, 0.05) is 0 Å². The van der Waals surface area contributed by atoms with Gasteiger partial charge in [-0.3, -0.25) is 9.59 Å². The first-order valence-electron chi connectivity index (χ1n) is 10.6. The Bertz CT molecular complexity index is 1250. The van der Waals surface area contributed by atoms with Gasteiger partial charge in [0.1, 0.15) is 0 Å². The average molecular weight is 443 g/mol. The summed E-state index contributed by atoms with van der Waals surface area (Å²) in [4.78, 5) is 23.8. The highest BCUT2D eigenvalue weighted by atomic mass is 16.1. The van der Waals surface area contributed by atoms with Gasteiger partial charge >= 0.3 is 0 Å². The minimum atomic E-state index is -0.141. The minimum absolute atomic E-state index is 0.129. The second kappa shape index (κ2) is 16.9. The lowest BCUT2D eigenvalue weighted by Crippen LogP contribution is -1.88. The van der Waals surface area contributed by atoms with Gasteiger partial charge in [0.25, 0.3) is 0 Å². The predicted molar refractivity (Wildman–Crippen MR) is 137 cm³/mol. The second-order valence-electron chi connectivity index (χ2n) is 7.02. The molecule has 0 atom stereocenters. The number of aryl methyl sites for hydroxylation is 4. The zero-order valence-corrected chi connectivity index (χ0v) is 19.9. The molecule has 0 radical (unpaired) electrons. The van der Waals surface area contributed by atoms with E-state index in [4.69, 9.17) is 0 Å². The van der Waals surface area contributed by atoms with Crippen molar-refractivity contribution in [3.63, 3.8) is 0 Å². The van der Waals surface area contributed by atoms with Crippen molar-refractivity contribution in [3.05, 3.63) is 176 Å². The van der Waals surface area contributed by atoms with E-state index in [-0.39, 0.29) is 10.9 Å². The molecule has 0 unspecified atom stereocenters. The van der Waals surface area contributed by atoms with Gasteiger partial charge in [-0.2, -0.15) is 0 Å². The summed E-state index contributed by atoms with van der Waals surface area (Å²) in [6.07, 6.45) is 0. The summed E-state index contributed by atoms with van der Waals surface area (Å²) < 4.78 is 0. The van der Waals surface area contributed by atoms with E-state index in [1.807, 2.05) is 33.8 Å². The number of hydrogen-bond donors (Lipinski definition) is 0. The summed E-state index contributed by atoms with van der Waals surface area (Å²) in [7, 11) is 0. The fraction of sp³-hybridized carbons (Fsp3) is 0.125. The zero-order chi connectivity index (χ0) is 25.0. The molecule has 2 heteroatoms. The van der Waals surface area contributed by atoms with Crippen LogP contribution in [-0.4, -0.2) is 0 Å². The minimum Gasteiger partial charge on any atom is -0.290 e. The van der Waals surface area contributed by atoms with E-state index in [2.05, 4.69) is 48.5 Å². The average Bonchev–Trinajstić information content (AvgIpc) is 2.79. The van der Waals surface area contributed by atoms with Crippen LogP contribution in [0, 0.1) is 76.2 Å². The Morgan fingerprint density at radius 2 is 0.647 bits per heavy atom. The van der Waals surface area contributed by atoms with Crippen LogP contribution in [0.4, 0.5) is 0 Å². The second-order valence-corrected chi connectivity index (χ2v) is 7.02. The lowest BCUT2D eigenvalue weighted by molar-refractivity contribution is 1.49. The summed E-state index contributed by atoms with van der Waals surface area (Å²) in [5.74, 6) is 0. The van der Waals surface area contributed by atoms with Gasteiger partial charge in [-0.15, -0.1) is 0 Å². The standard InChI is InChI=1S/C32H26O2/c1-27-15-6-5-7-23-31(33)24-12-20-28(2)18-10-11-19-30(4)22-14-26-32(34)25-13-21-29(3)17-9-8-16-27/h5-7,12-15,20-26H,1-4H3. The van der Waals surface area contributed by atoms with Crippen LogP contribution in [0.5, 0.6) is 0 Å². The zero-order valence-electron chi connectivity index (χ0n) is 19.9. The van der Waals surface area contributed by atoms with Crippen LogP contribution in [0.15, 0.2) is 94.5 Å². The Balaban J connectivity index is 3.49. The van der Waals surface area contributed by atoms with Gasteiger partial charge in [0.2, 0.25) is 0 Å². The maximum atomic E-state index is 11.9. The molecule has 0 N–H and O–H groups in total.